The SMILES string of the molecule is CSCC[C@@H](C(=O)O)N1C(=O)/C(=C2/C(=O)N(C(C)=O)c3ccccc32)SC1=S. The summed E-state index contributed by atoms with van der Waals surface area (Å²) in [5.41, 5.74) is 0.941. The zero-order valence-electron chi connectivity index (χ0n) is 15.0. The van der Waals surface area contributed by atoms with Gasteiger partial charge < -0.3 is 5.11 Å². The zero-order valence-corrected chi connectivity index (χ0v) is 17.4. The Morgan fingerprint density at radius 3 is 2.54 bits per heavy atom. The fraction of sp³-hybridized carbons (Fsp3) is 0.278. The molecule has 0 unspecified atom stereocenters. The lowest BCUT2D eigenvalue weighted by molar-refractivity contribution is -0.145. The summed E-state index contributed by atoms with van der Waals surface area (Å²) in [4.78, 5) is 51.8. The first-order valence-electron chi connectivity index (χ1n) is 8.25. The molecule has 0 radical (unpaired) electrons. The fourth-order valence-electron chi connectivity index (χ4n) is 3.14. The third-order valence-corrected chi connectivity index (χ3v) is 6.41. The van der Waals surface area contributed by atoms with Gasteiger partial charge in [-0.3, -0.25) is 19.3 Å². The number of thioether (sulfide) groups is 2. The molecule has 1 fully saturated rings. The Hall–Kier alpha value is -2.17. The van der Waals surface area contributed by atoms with Crippen molar-refractivity contribution in [3.05, 3.63) is 34.7 Å². The van der Waals surface area contributed by atoms with Crippen LogP contribution in [0.25, 0.3) is 5.57 Å². The Labute approximate surface area is 175 Å². The molecule has 0 aliphatic carbocycles. The lowest BCUT2D eigenvalue weighted by Crippen LogP contribution is -2.44. The maximum atomic E-state index is 13.1. The summed E-state index contributed by atoms with van der Waals surface area (Å²) in [6.07, 6.45) is 2.07. The second-order valence-electron chi connectivity index (χ2n) is 6.06. The number of carbonyl (C=O) groups is 4. The van der Waals surface area contributed by atoms with Crippen LogP contribution in [0.1, 0.15) is 18.9 Å². The van der Waals surface area contributed by atoms with Crippen LogP contribution < -0.4 is 4.90 Å². The van der Waals surface area contributed by atoms with Crippen molar-refractivity contribution in [1.82, 2.24) is 4.90 Å². The minimum absolute atomic E-state index is 0.0570. The number of hydrogen-bond acceptors (Lipinski definition) is 7. The molecule has 0 bridgehead atoms. The molecule has 1 aromatic carbocycles. The first-order chi connectivity index (χ1) is 13.3. The van der Waals surface area contributed by atoms with Crippen molar-refractivity contribution in [2.75, 3.05) is 16.9 Å². The van der Waals surface area contributed by atoms with E-state index in [4.69, 9.17) is 12.2 Å². The van der Waals surface area contributed by atoms with Gasteiger partial charge in [0.25, 0.3) is 11.8 Å². The summed E-state index contributed by atoms with van der Waals surface area (Å²) in [6.45, 7) is 1.27. The van der Waals surface area contributed by atoms with Crippen molar-refractivity contribution in [2.24, 2.45) is 0 Å². The van der Waals surface area contributed by atoms with E-state index in [1.54, 1.807) is 24.3 Å². The molecule has 0 saturated carbocycles. The fourth-order valence-corrected chi connectivity index (χ4v) is 5.03. The molecule has 1 N–H and O–H groups in total. The smallest absolute Gasteiger partial charge is 0.326 e. The molecule has 0 spiro atoms. The highest BCUT2D eigenvalue weighted by Gasteiger charge is 2.46. The number of anilines is 1. The molecule has 146 valence electrons. The largest absolute Gasteiger partial charge is 0.480 e. The van der Waals surface area contributed by atoms with E-state index in [1.165, 1.54) is 18.7 Å². The number of nitrogens with zero attached hydrogens (tertiary/aromatic N) is 2. The van der Waals surface area contributed by atoms with Crippen LogP contribution in [0.15, 0.2) is 29.2 Å². The van der Waals surface area contributed by atoms with Crippen molar-refractivity contribution in [2.45, 2.75) is 19.4 Å². The van der Waals surface area contributed by atoms with E-state index in [0.717, 1.165) is 21.6 Å². The third-order valence-electron chi connectivity index (χ3n) is 4.36. The minimum Gasteiger partial charge on any atom is -0.480 e. The van der Waals surface area contributed by atoms with Gasteiger partial charge in [0.1, 0.15) is 10.4 Å². The van der Waals surface area contributed by atoms with Gasteiger partial charge in [0.2, 0.25) is 5.91 Å². The predicted molar refractivity (Wildman–Crippen MR) is 113 cm³/mol. The first kappa shape index (κ1) is 20.6. The molecular weight excluding hydrogens is 420 g/mol. The van der Waals surface area contributed by atoms with E-state index in [2.05, 4.69) is 0 Å². The minimum atomic E-state index is -1.15. The van der Waals surface area contributed by atoms with Crippen LogP contribution in [0.3, 0.4) is 0 Å². The van der Waals surface area contributed by atoms with Crippen molar-refractivity contribution in [3.8, 4) is 0 Å². The number of aliphatic carboxylic acids is 1. The molecule has 3 amide bonds. The van der Waals surface area contributed by atoms with Crippen LogP contribution in [0, 0.1) is 0 Å². The molecule has 10 heteroatoms. The number of benzene rings is 1. The van der Waals surface area contributed by atoms with Gasteiger partial charge in [-0.15, -0.1) is 0 Å². The number of rotatable bonds is 5. The molecule has 2 aliphatic heterocycles. The monoisotopic (exact) mass is 436 g/mol. The Morgan fingerprint density at radius 1 is 1.25 bits per heavy atom. The number of para-hydroxylation sites is 1. The number of carboxylic acids is 1. The third kappa shape index (κ3) is 3.36. The standard InChI is InChI=1S/C18H16N2O5S3/c1-9(21)19-11-6-4-3-5-10(11)13(15(19)22)14-16(23)20(18(26)28-14)12(17(24)25)7-8-27-2/h3-6,12H,7-8H2,1-2H3,(H,24,25)/b14-13-/t12-/m0/s1. The average Bonchev–Trinajstić information content (AvgIpc) is 3.08. The Kier molecular flexibility index (Phi) is 5.92. The van der Waals surface area contributed by atoms with Gasteiger partial charge in [-0.1, -0.05) is 42.2 Å². The average molecular weight is 437 g/mol. The molecule has 2 heterocycles. The van der Waals surface area contributed by atoms with Gasteiger partial charge in [-0.05, 0) is 24.5 Å². The number of imide groups is 1. The highest BCUT2D eigenvalue weighted by atomic mass is 32.2. The summed E-state index contributed by atoms with van der Waals surface area (Å²) in [5.74, 6) is -2.30. The molecule has 28 heavy (non-hydrogen) atoms. The van der Waals surface area contributed by atoms with E-state index in [0.29, 0.717) is 17.0 Å². The molecule has 0 aromatic heterocycles. The van der Waals surface area contributed by atoms with Crippen LogP contribution in [0.2, 0.25) is 0 Å². The number of carbonyl (C=O) groups excluding carboxylic acids is 3. The summed E-state index contributed by atoms with van der Waals surface area (Å²) in [6, 6.07) is 5.57. The van der Waals surface area contributed by atoms with E-state index in [9.17, 15) is 24.3 Å². The summed E-state index contributed by atoms with van der Waals surface area (Å²) in [5, 5.41) is 9.56. The van der Waals surface area contributed by atoms with Crippen molar-refractivity contribution < 1.29 is 24.3 Å². The van der Waals surface area contributed by atoms with Crippen molar-refractivity contribution in [3.63, 3.8) is 0 Å². The van der Waals surface area contributed by atoms with Crippen molar-refractivity contribution in [1.29, 1.82) is 0 Å². The number of hydrogen-bond donors (Lipinski definition) is 1. The number of fused-ring (bicyclic) bond motifs is 1. The van der Waals surface area contributed by atoms with E-state index >= 15 is 0 Å². The van der Waals surface area contributed by atoms with E-state index < -0.39 is 29.7 Å². The lowest BCUT2D eigenvalue weighted by atomic mass is 10.1. The quantitative estimate of drug-likeness (QED) is 0.555. The van der Waals surface area contributed by atoms with Crippen LogP contribution >= 0.6 is 35.7 Å². The van der Waals surface area contributed by atoms with Gasteiger partial charge in [-0.25, -0.2) is 9.69 Å². The normalized spacial score (nSPS) is 20.0. The number of carboxylic acid groups (broad SMARTS) is 1. The maximum Gasteiger partial charge on any atom is 0.326 e. The van der Waals surface area contributed by atoms with E-state index in [1.807, 2.05) is 6.26 Å². The van der Waals surface area contributed by atoms with Gasteiger partial charge >= 0.3 is 5.97 Å². The van der Waals surface area contributed by atoms with Gasteiger partial charge in [0.05, 0.1) is 16.2 Å². The molecule has 1 aromatic rings. The Morgan fingerprint density at radius 2 is 1.93 bits per heavy atom. The lowest BCUT2D eigenvalue weighted by Gasteiger charge is -2.22. The van der Waals surface area contributed by atoms with Crippen LogP contribution in [-0.4, -0.2) is 56.1 Å². The highest BCUT2D eigenvalue weighted by molar-refractivity contribution is 8.26. The van der Waals surface area contributed by atoms with Crippen LogP contribution in [0.4, 0.5) is 5.69 Å². The molecule has 2 aliphatic rings. The number of amides is 3. The second-order valence-corrected chi connectivity index (χ2v) is 8.69. The van der Waals surface area contributed by atoms with Crippen molar-refractivity contribution >= 4 is 75.0 Å². The summed E-state index contributed by atoms with van der Waals surface area (Å²) < 4.78 is 0.0903. The Balaban J connectivity index is 2.09. The topological polar surface area (TPSA) is 95.0 Å². The van der Waals surface area contributed by atoms with Gasteiger partial charge in [0, 0.05) is 12.5 Å². The maximum absolute atomic E-state index is 13.1. The van der Waals surface area contributed by atoms with Crippen LogP contribution in [0.5, 0.6) is 0 Å². The summed E-state index contributed by atoms with van der Waals surface area (Å²) in [7, 11) is 0. The summed E-state index contributed by atoms with van der Waals surface area (Å²) >= 11 is 7.63. The molecule has 1 atom stereocenters. The molecule has 3 rings (SSSR count). The van der Waals surface area contributed by atoms with Gasteiger partial charge in [0.15, 0.2) is 0 Å². The number of thiocarbonyl (C=S) groups is 1. The molecule has 7 nitrogen and oxygen atoms in total. The zero-order chi connectivity index (χ0) is 20.6. The van der Waals surface area contributed by atoms with E-state index in [-0.39, 0.29) is 21.2 Å². The molecular formula is C18H16N2O5S3. The Bertz CT molecular complexity index is 943. The van der Waals surface area contributed by atoms with Gasteiger partial charge in [-0.2, -0.15) is 11.8 Å². The second kappa shape index (κ2) is 8.06. The first-order valence-corrected chi connectivity index (χ1v) is 10.9. The predicted octanol–water partition coefficient (Wildman–Crippen LogP) is 2.36. The van der Waals surface area contributed by atoms with Crippen LogP contribution in [-0.2, 0) is 19.2 Å². The highest BCUT2D eigenvalue weighted by Crippen LogP contribution is 2.45. The molecule has 1 saturated heterocycles.